The van der Waals surface area contributed by atoms with Crippen molar-refractivity contribution in [2.75, 3.05) is 6.54 Å². The lowest BCUT2D eigenvalue weighted by Gasteiger charge is -2.14. The van der Waals surface area contributed by atoms with Gasteiger partial charge < -0.3 is 5.32 Å². The van der Waals surface area contributed by atoms with Gasteiger partial charge in [0.25, 0.3) is 0 Å². The lowest BCUT2D eigenvalue weighted by molar-refractivity contribution is 0.491. The van der Waals surface area contributed by atoms with E-state index in [1.165, 1.54) is 24.3 Å². The second-order valence-electron chi connectivity index (χ2n) is 3.62. The molecule has 1 N–H and O–H groups in total. The summed E-state index contributed by atoms with van der Waals surface area (Å²) in [6.45, 7) is 7.57. The summed E-state index contributed by atoms with van der Waals surface area (Å²) in [6.07, 6.45) is 3.58. The first-order chi connectivity index (χ1) is 6.77. The van der Waals surface area contributed by atoms with E-state index in [-0.39, 0.29) is 0 Å². The lowest BCUT2D eigenvalue weighted by atomic mass is 10.2. The van der Waals surface area contributed by atoms with Gasteiger partial charge in [0.1, 0.15) is 5.01 Å². The van der Waals surface area contributed by atoms with E-state index >= 15 is 0 Å². The van der Waals surface area contributed by atoms with Crippen molar-refractivity contribution in [3.63, 3.8) is 0 Å². The molecule has 0 spiro atoms. The smallest absolute Gasteiger partial charge is 0.110 e. The van der Waals surface area contributed by atoms with Crippen molar-refractivity contribution in [2.45, 2.75) is 46.1 Å². The van der Waals surface area contributed by atoms with Crippen LogP contribution < -0.4 is 5.32 Å². The normalized spacial score (nSPS) is 13.1. The average molecular weight is 212 g/mol. The highest BCUT2D eigenvalue weighted by Gasteiger charge is 2.12. The van der Waals surface area contributed by atoms with Gasteiger partial charge in [-0.2, -0.15) is 0 Å². The third-order valence-corrected chi connectivity index (χ3v) is 3.23. The molecule has 3 heteroatoms. The highest BCUT2D eigenvalue weighted by Crippen LogP contribution is 2.21. The van der Waals surface area contributed by atoms with Gasteiger partial charge >= 0.3 is 0 Å². The molecule has 1 atom stereocenters. The van der Waals surface area contributed by atoms with E-state index in [1.54, 1.807) is 11.3 Å². The Kier molecular flexibility index (Phi) is 5.12. The lowest BCUT2D eigenvalue weighted by Crippen LogP contribution is -2.21. The van der Waals surface area contributed by atoms with Crippen molar-refractivity contribution in [3.8, 4) is 0 Å². The maximum Gasteiger partial charge on any atom is 0.110 e. The number of nitrogens with zero attached hydrogens (tertiary/aromatic N) is 1. The van der Waals surface area contributed by atoms with Gasteiger partial charge in [0.2, 0.25) is 0 Å². The van der Waals surface area contributed by atoms with Gasteiger partial charge in [0.15, 0.2) is 0 Å². The molecule has 1 heterocycles. The molecule has 0 aliphatic heterocycles. The van der Waals surface area contributed by atoms with Crippen molar-refractivity contribution in [2.24, 2.45) is 0 Å². The summed E-state index contributed by atoms with van der Waals surface area (Å²) in [7, 11) is 0. The van der Waals surface area contributed by atoms with Crippen LogP contribution in [0.15, 0.2) is 5.38 Å². The third kappa shape index (κ3) is 3.39. The van der Waals surface area contributed by atoms with Gasteiger partial charge in [-0.3, -0.25) is 0 Å². The number of rotatable bonds is 6. The summed E-state index contributed by atoms with van der Waals surface area (Å²) in [5.41, 5.74) is 1.14. The van der Waals surface area contributed by atoms with E-state index in [1.807, 2.05) is 0 Å². The molecule has 0 aliphatic rings. The van der Waals surface area contributed by atoms with Gasteiger partial charge in [-0.15, -0.1) is 11.3 Å². The topological polar surface area (TPSA) is 24.9 Å². The van der Waals surface area contributed by atoms with Crippen LogP contribution in [0.3, 0.4) is 0 Å². The summed E-state index contributed by atoms with van der Waals surface area (Å²) >= 11 is 1.77. The second kappa shape index (κ2) is 6.14. The molecule has 0 saturated carbocycles. The molecule has 14 heavy (non-hydrogen) atoms. The molecular weight excluding hydrogens is 192 g/mol. The van der Waals surface area contributed by atoms with Gasteiger partial charge in [-0.1, -0.05) is 20.3 Å². The summed E-state index contributed by atoms with van der Waals surface area (Å²) in [5.74, 6) is 0. The Bertz CT molecular complexity index is 258. The Labute approximate surface area is 90.8 Å². The molecule has 1 aromatic heterocycles. The van der Waals surface area contributed by atoms with E-state index in [9.17, 15) is 0 Å². The van der Waals surface area contributed by atoms with Crippen LogP contribution in [0.4, 0.5) is 0 Å². The predicted molar refractivity (Wildman–Crippen MR) is 62.8 cm³/mol. The van der Waals surface area contributed by atoms with Crippen LogP contribution in [0, 0.1) is 6.92 Å². The van der Waals surface area contributed by atoms with E-state index in [0.717, 1.165) is 12.2 Å². The standard InChI is InChI=1S/C11H20N2S/c1-4-6-10(12-7-5-2)11-13-9(3)8-14-11/h8,10,12H,4-7H2,1-3H3. The molecule has 80 valence electrons. The van der Waals surface area contributed by atoms with Gasteiger partial charge in [-0.25, -0.2) is 4.98 Å². The first-order valence-electron chi connectivity index (χ1n) is 5.43. The number of thiazole rings is 1. The SMILES string of the molecule is CCCNC(CCC)c1nc(C)cs1. The second-order valence-corrected chi connectivity index (χ2v) is 4.51. The molecule has 0 amide bonds. The minimum atomic E-state index is 0.471. The number of aromatic nitrogens is 1. The zero-order chi connectivity index (χ0) is 10.4. The molecule has 2 nitrogen and oxygen atoms in total. The summed E-state index contributed by atoms with van der Waals surface area (Å²) in [4.78, 5) is 4.54. The average Bonchev–Trinajstić information content (AvgIpc) is 2.59. The Balaban J connectivity index is 2.57. The number of hydrogen-bond donors (Lipinski definition) is 1. The van der Waals surface area contributed by atoms with Crippen LogP contribution in [0.1, 0.15) is 49.9 Å². The highest BCUT2D eigenvalue weighted by molar-refractivity contribution is 7.09. The van der Waals surface area contributed by atoms with Crippen molar-refractivity contribution < 1.29 is 0 Å². The minimum Gasteiger partial charge on any atom is -0.308 e. The van der Waals surface area contributed by atoms with E-state index in [4.69, 9.17) is 0 Å². The Hall–Kier alpha value is -0.410. The first kappa shape index (κ1) is 11.7. The Morgan fingerprint density at radius 3 is 2.71 bits per heavy atom. The number of hydrogen-bond acceptors (Lipinski definition) is 3. The van der Waals surface area contributed by atoms with Crippen molar-refractivity contribution in [1.82, 2.24) is 10.3 Å². The molecule has 0 bridgehead atoms. The zero-order valence-corrected chi connectivity index (χ0v) is 10.2. The number of nitrogens with one attached hydrogen (secondary N) is 1. The fraction of sp³-hybridized carbons (Fsp3) is 0.727. The van der Waals surface area contributed by atoms with Crippen LogP contribution in [0.2, 0.25) is 0 Å². The summed E-state index contributed by atoms with van der Waals surface area (Å²) in [5, 5.41) is 6.93. The highest BCUT2D eigenvalue weighted by atomic mass is 32.1. The maximum atomic E-state index is 4.54. The van der Waals surface area contributed by atoms with Gasteiger partial charge in [0.05, 0.1) is 6.04 Å². The fourth-order valence-corrected chi connectivity index (χ4v) is 2.36. The predicted octanol–water partition coefficient (Wildman–Crippen LogP) is 3.29. The third-order valence-electron chi connectivity index (χ3n) is 2.15. The van der Waals surface area contributed by atoms with Gasteiger partial charge in [0, 0.05) is 11.1 Å². The Morgan fingerprint density at radius 2 is 2.21 bits per heavy atom. The van der Waals surface area contributed by atoms with E-state index in [2.05, 4.69) is 36.5 Å². The largest absolute Gasteiger partial charge is 0.308 e. The molecule has 0 fully saturated rings. The van der Waals surface area contributed by atoms with Crippen LogP contribution in [0.25, 0.3) is 0 Å². The van der Waals surface area contributed by atoms with Crippen LogP contribution in [0.5, 0.6) is 0 Å². The van der Waals surface area contributed by atoms with E-state index < -0.39 is 0 Å². The minimum absolute atomic E-state index is 0.471. The van der Waals surface area contributed by atoms with Crippen LogP contribution in [-0.4, -0.2) is 11.5 Å². The van der Waals surface area contributed by atoms with Crippen molar-refractivity contribution in [3.05, 3.63) is 16.1 Å². The van der Waals surface area contributed by atoms with Crippen molar-refractivity contribution in [1.29, 1.82) is 0 Å². The molecule has 0 aromatic carbocycles. The fourth-order valence-electron chi connectivity index (χ4n) is 1.45. The molecule has 0 saturated heterocycles. The maximum absolute atomic E-state index is 4.54. The van der Waals surface area contributed by atoms with Crippen molar-refractivity contribution >= 4 is 11.3 Å². The van der Waals surface area contributed by atoms with Crippen LogP contribution in [-0.2, 0) is 0 Å². The molecule has 1 rings (SSSR count). The first-order valence-corrected chi connectivity index (χ1v) is 6.31. The Morgan fingerprint density at radius 1 is 1.43 bits per heavy atom. The quantitative estimate of drug-likeness (QED) is 0.782. The van der Waals surface area contributed by atoms with Gasteiger partial charge in [-0.05, 0) is 26.3 Å². The molecule has 0 aliphatic carbocycles. The molecule has 0 radical (unpaired) electrons. The molecule has 1 unspecified atom stereocenters. The monoisotopic (exact) mass is 212 g/mol. The zero-order valence-electron chi connectivity index (χ0n) is 9.34. The number of aryl methyl sites for hydroxylation is 1. The molecule has 1 aromatic rings. The van der Waals surface area contributed by atoms with E-state index in [0.29, 0.717) is 6.04 Å². The molecular formula is C11H20N2S. The summed E-state index contributed by atoms with van der Waals surface area (Å²) < 4.78 is 0. The summed E-state index contributed by atoms with van der Waals surface area (Å²) in [6, 6.07) is 0.471. The van der Waals surface area contributed by atoms with Crippen LogP contribution >= 0.6 is 11.3 Å².